The molecule has 2 aromatic rings. The van der Waals surface area contributed by atoms with Crippen LogP contribution in [0.25, 0.3) is 21.5 Å². The first-order valence-electron chi connectivity index (χ1n) is 3.66. The van der Waals surface area contributed by atoms with Crippen LogP contribution < -0.4 is 0 Å². The van der Waals surface area contributed by atoms with Crippen molar-refractivity contribution in [1.29, 1.82) is 0 Å². The molecule has 0 atom stereocenters. The van der Waals surface area contributed by atoms with E-state index in [2.05, 4.69) is 20.2 Å². The Morgan fingerprint density at radius 2 is 2.31 bits per heavy atom. The van der Waals surface area contributed by atoms with Crippen LogP contribution in [0.5, 0.6) is 0 Å². The number of fused-ring (bicyclic) bond motifs is 1. The van der Waals surface area contributed by atoms with Crippen molar-refractivity contribution in [2.75, 3.05) is 0 Å². The van der Waals surface area contributed by atoms with Gasteiger partial charge in [-0.1, -0.05) is 17.2 Å². The summed E-state index contributed by atoms with van der Waals surface area (Å²) in [6.07, 6.45) is 0. The molecule has 0 fully saturated rings. The summed E-state index contributed by atoms with van der Waals surface area (Å²) in [6, 6.07) is 5.30. The Hall–Kier alpha value is -2.07. The summed E-state index contributed by atoms with van der Waals surface area (Å²) >= 11 is 0. The predicted octanol–water partition coefficient (Wildman–Crippen LogP) is 1.91. The van der Waals surface area contributed by atoms with Gasteiger partial charge in [-0.25, -0.2) is 0 Å². The van der Waals surface area contributed by atoms with Crippen molar-refractivity contribution >= 4 is 16.7 Å². The van der Waals surface area contributed by atoms with Gasteiger partial charge in [0.05, 0.1) is 5.69 Å². The fourth-order valence-corrected chi connectivity index (χ4v) is 1.15. The molecule has 1 aromatic heterocycles. The molecule has 0 unspecified atom stereocenters. The van der Waals surface area contributed by atoms with E-state index in [-0.39, 0.29) is 0 Å². The molecule has 1 aromatic carbocycles. The number of benzene rings is 1. The highest BCUT2D eigenvalue weighted by atomic mass is 15.5. The van der Waals surface area contributed by atoms with E-state index in [0.717, 1.165) is 5.52 Å². The lowest BCUT2D eigenvalue weighted by Crippen LogP contribution is -1.90. The van der Waals surface area contributed by atoms with Crippen LogP contribution in [0.15, 0.2) is 23.3 Å². The average Bonchev–Trinajstić information content (AvgIpc) is 2.47. The minimum Gasteiger partial charge on any atom is -0.187 e. The van der Waals surface area contributed by atoms with Crippen LogP contribution in [0.2, 0.25) is 0 Å². The molecule has 0 amide bonds. The van der Waals surface area contributed by atoms with Crippen molar-refractivity contribution in [3.05, 3.63) is 28.6 Å². The molecule has 0 bridgehead atoms. The molecule has 0 N–H and O–H groups in total. The van der Waals surface area contributed by atoms with Crippen molar-refractivity contribution in [2.45, 2.75) is 0 Å². The fraction of sp³-hybridized carbons (Fsp3) is 0.143. The number of nitrogens with zero attached hydrogens (tertiary/aromatic N) is 6. The largest absolute Gasteiger partial charge is 0.187 e. The van der Waals surface area contributed by atoms with Crippen molar-refractivity contribution < 1.29 is 0 Å². The molecule has 6 heteroatoms. The standard InChI is InChI=1S/C7H6N6/c1-13-10-6-4-2-3-5(9-12-8)7(6)11-13/h2-4H,1H3. The first-order valence-corrected chi connectivity index (χ1v) is 3.66. The maximum Gasteiger partial charge on any atom is 0.122 e. The van der Waals surface area contributed by atoms with Gasteiger partial charge in [0.1, 0.15) is 11.0 Å². The monoisotopic (exact) mass is 174 g/mol. The van der Waals surface area contributed by atoms with E-state index in [1.807, 2.05) is 6.07 Å². The molecule has 0 saturated heterocycles. The van der Waals surface area contributed by atoms with E-state index in [9.17, 15) is 0 Å². The van der Waals surface area contributed by atoms with Crippen LogP contribution in [0, 0.1) is 0 Å². The summed E-state index contributed by atoms with van der Waals surface area (Å²) in [7, 11) is 1.72. The van der Waals surface area contributed by atoms with E-state index < -0.39 is 0 Å². The van der Waals surface area contributed by atoms with Gasteiger partial charge in [-0.05, 0) is 11.6 Å². The summed E-state index contributed by atoms with van der Waals surface area (Å²) in [4.78, 5) is 4.16. The third-order valence-corrected chi connectivity index (χ3v) is 1.64. The van der Waals surface area contributed by atoms with E-state index in [1.165, 1.54) is 4.80 Å². The SMILES string of the molecule is Cn1nc2cccc(N=[N+]=[N-])c2n1. The summed E-state index contributed by atoms with van der Waals surface area (Å²) in [6.45, 7) is 0. The molecule has 0 aliphatic rings. The van der Waals surface area contributed by atoms with Gasteiger partial charge in [0.25, 0.3) is 0 Å². The Morgan fingerprint density at radius 3 is 3.08 bits per heavy atom. The maximum absolute atomic E-state index is 8.29. The highest BCUT2D eigenvalue weighted by Crippen LogP contribution is 2.22. The van der Waals surface area contributed by atoms with Gasteiger partial charge in [0.2, 0.25) is 0 Å². The molecule has 1 heterocycles. The first-order chi connectivity index (χ1) is 6.31. The smallest absolute Gasteiger partial charge is 0.122 e. The van der Waals surface area contributed by atoms with Gasteiger partial charge < -0.3 is 0 Å². The van der Waals surface area contributed by atoms with Crippen LogP contribution in [-0.2, 0) is 7.05 Å². The minimum atomic E-state index is 0.508. The van der Waals surface area contributed by atoms with E-state index in [1.54, 1.807) is 19.2 Å². The Kier molecular flexibility index (Phi) is 1.61. The Balaban J connectivity index is 2.81. The lowest BCUT2D eigenvalue weighted by atomic mass is 10.3. The summed E-state index contributed by atoms with van der Waals surface area (Å²) in [5.41, 5.74) is 10.2. The van der Waals surface area contributed by atoms with Crippen LogP contribution >= 0.6 is 0 Å². The summed E-state index contributed by atoms with van der Waals surface area (Å²) in [5, 5.41) is 11.7. The van der Waals surface area contributed by atoms with Crippen molar-refractivity contribution in [3.8, 4) is 0 Å². The molecule has 0 aliphatic carbocycles. The zero-order valence-electron chi connectivity index (χ0n) is 6.92. The maximum atomic E-state index is 8.29. The average molecular weight is 174 g/mol. The zero-order valence-corrected chi connectivity index (χ0v) is 6.92. The van der Waals surface area contributed by atoms with Gasteiger partial charge in [-0.15, -0.1) is 0 Å². The molecule has 64 valence electrons. The van der Waals surface area contributed by atoms with Crippen LogP contribution in [0.1, 0.15) is 0 Å². The number of hydrogen-bond acceptors (Lipinski definition) is 3. The Labute approximate surface area is 73.4 Å². The first kappa shape index (κ1) is 7.57. The van der Waals surface area contributed by atoms with Crippen molar-refractivity contribution in [2.24, 2.45) is 12.2 Å². The van der Waals surface area contributed by atoms with Gasteiger partial charge in [0, 0.05) is 12.0 Å². The second-order valence-electron chi connectivity index (χ2n) is 2.52. The predicted molar refractivity (Wildman–Crippen MR) is 47.3 cm³/mol. The normalized spacial score (nSPS) is 9.92. The van der Waals surface area contributed by atoms with Crippen molar-refractivity contribution in [1.82, 2.24) is 15.0 Å². The molecule has 6 nitrogen and oxygen atoms in total. The van der Waals surface area contributed by atoms with Gasteiger partial charge >= 0.3 is 0 Å². The zero-order chi connectivity index (χ0) is 9.26. The summed E-state index contributed by atoms with van der Waals surface area (Å²) < 4.78 is 0. The minimum absolute atomic E-state index is 0.508. The third-order valence-electron chi connectivity index (χ3n) is 1.64. The molecule has 0 radical (unpaired) electrons. The number of hydrogen-bond donors (Lipinski definition) is 0. The fourth-order valence-electron chi connectivity index (χ4n) is 1.15. The molecule has 0 aliphatic heterocycles. The number of rotatable bonds is 1. The molecule has 2 rings (SSSR count). The van der Waals surface area contributed by atoms with Crippen LogP contribution in [-0.4, -0.2) is 15.0 Å². The molecular weight excluding hydrogens is 168 g/mol. The highest BCUT2D eigenvalue weighted by Gasteiger charge is 2.03. The Morgan fingerprint density at radius 1 is 1.46 bits per heavy atom. The van der Waals surface area contributed by atoms with Gasteiger partial charge in [0.15, 0.2) is 0 Å². The van der Waals surface area contributed by atoms with E-state index >= 15 is 0 Å². The molecule has 0 saturated carbocycles. The molecule has 13 heavy (non-hydrogen) atoms. The highest BCUT2D eigenvalue weighted by molar-refractivity contribution is 5.85. The second-order valence-corrected chi connectivity index (χ2v) is 2.52. The van der Waals surface area contributed by atoms with Gasteiger partial charge in [-0.2, -0.15) is 15.0 Å². The molecule has 0 spiro atoms. The third kappa shape index (κ3) is 1.19. The number of aromatic nitrogens is 3. The lowest BCUT2D eigenvalue weighted by molar-refractivity contribution is 0.665. The van der Waals surface area contributed by atoms with Crippen LogP contribution in [0.4, 0.5) is 5.69 Å². The summed E-state index contributed by atoms with van der Waals surface area (Å²) in [5.74, 6) is 0. The topological polar surface area (TPSA) is 79.5 Å². The second kappa shape index (κ2) is 2.76. The van der Waals surface area contributed by atoms with Gasteiger partial charge in [-0.3, -0.25) is 0 Å². The van der Waals surface area contributed by atoms with Crippen molar-refractivity contribution in [3.63, 3.8) is 0 Å². The number of azide groups is 1. The van der Waals surface area contributed by atoms with Crippen LogP contribution in [0.3, 0.4) is 0 Å². The number of aryl methyl sites for hydroxylation is 1. The Bertz CT molecular complexity index is 493. The quantitative estimate of drug-likeness (QED) is 0.376. The molecular formula is C7H6N6. The van der Waals surface area contributed by atoms with E-state index in [4.69, 9.17) is 5.53 Å². The lowest BCUT2D eigenvalue weighted by Gasteiger charge is -1.88. The van der Waals surface area contributed by atoms with E-state index in [0.29, 0.717) is 11.2 Å².